The molecule has 3 aliphatic heterocycles. The van der Waals surface area contributed by atoms with E-state index in [9.17, 15) is 14.4 Å². The summed E-state index contributed by atoms with van der Waals surface area (Å²) in [6.45, 7) is 2.01. The Kier molecular flexibility index (Phi) is 6.06. The van der Waals surface area contributed by atoms with Crippen LogP contribution in [-0.4, -0.2) is 36.7 Å². The summed E-state index contributed by atoms with van der Waals surface area (Å²) in [6, 6.07) is 27.3. The van der Waals surface area contributed by atoms with Crippen molar-refractivity contribution < 1.29 is 19.1 Å². The quantitative estimate of drug-likeness (QED) is 0.272. The number of ether oxygens (including phenoxy) is 1. The summed E-state index contributed by atoms with van der Waals surface area (Å²) in [5, 5.41) is 3.56. The summed E-state index contributed by atoms with van der Waals surface area (Å²) in [5.41, 5.74) is 3.53. The minimum atomic E-state index is -1.37. The van der Waals surface area contributed by atoms with Gasteiger partial charge >= 0.3 is 0 Å². The van der Waals surface area contributed by atoms with E-state index in [-0.39, 0.29) is 17.5 Å². The fraction of sp³-hybridized carbons (Fsp3) is 0.171. The topological polar surface area (TPSA) is 75.7 Å². The SMILES string of the molecule is COc1cccc(C(=O)C2C(C(=O)c3ccc(Cl)cc3)C3(C(=O)Nc4ccccc43)C3C=C(C)c4ccccc4N23)c1. The number of rotatable bonds is 5. The van der Waals surface area contributed by atoms with Crippen molar-refractivity contribution in [3.63, 3.8) is 0 Å². The van der Waals surface area contributed by atoms with Crippen molar-refractivity contribution in [2.24, 2.45) is 5.92 Å². The lowest BCUT2D eigenvalue weighted by molar-refractivity contribution is -0.121. The summed E-state index contributed by atoms with van der Waals surface area (Å²) < 4.78 is 5.44. The number of hydrogen-bond donors (Lipinski definition) is 1. The summed E-state index contributed by atoms with van der Waals surface area (Å²) >= 11 is 6.19. The Bertz CT molecular complexity index is 1810. The minimum absolute atomic E-state index is 0.261. The number of methoxy groups -OCH3 is 1. The molecule has 4 unspecified atom stereocenters. The van der Waals surface area contributed by atoms with Crippen LogP contribution in [0.25, 0.3) is 5.57 Å². The highest BCUT2D eigenvalue weighted by Gasteiger charge is 2.70. The van der Waals surface area contributed by atoms with Crippen LogP contribution in [0.1, 0.15) is 38.8 Å². The van der Waals surface area contributed by atoms with Crippen LogP contribution in [0.2, 0.25) is 5.02 Å². The summed E-state index contributed by atoms with van der Waals surface area (Å²) in [6.07, 6.45) is 2.05. The Morgan fingerprint density at radius 3 is 2.40 bits per heavy atom. The number of allylic oxidation sites excluding steroid dienone is 1. The monoisotopic (exact) mass is 574 g/mol. The van der Waals surface area contributed by atoms with Gasteiger partial charge in [-0.15, -0.1) is 0 Å². The Hall–Kier alpha value is -4.68. The van der Waals surface area contributed by atoms with Gasteiger partial charge in [-0.1, -0.05) is 66.2 Å². The highest BCUT2D eigenvalue weighted by atomic mass is 35.5. The van der Waals surface area contributed by atoms with Crippen molar-refractivity contribution in [3.8, 4) is 5.75 Å². The molecule has 4 aromatic rings. The third kappa shape index (κ3) is 3.61. The molecule has 0 radical (unpaired) electrons. The van der Waals surface area contributed by atoms with E-state index < -0.39 is 23.4 Å². The molecular formula is C35H27ClN2O4. The van der Waals surface area contributed by atoms with Crippen LogP contribution < -0.4 is 15.0 Å². The van der Waals surface area contributed by atoms with E-state index in [0.29, 0.717) is 33.1 Å². The number of carbonyl (C=O) groups excluding carboxylic acids is 3. The zero-order valence-electron chi connectivity index (χ0n) is 23.0. The number of para-hydroxylation sites is 2. The van der Waals surface area contributed by atoms with Gasteiger partial charge in [-0.3, -0.25) is 14.4 Å². The highest BCUT2D eigenvalue weighted by Crippen LogP contribution is 2.58. The number of nitrogens with one attached hydrogen (secondary N) is 1. The predicted octanol–water partition coefficient (Wildman–Crippen LogP) is 6.59. The molecule has 0 aromatic heterocycles. The van der Waals surface area contributed by atoms with E-state index in [0.717, 1.165) is 16.8 Å². The van der Waals surface area contributed by atoms with Gasteiger partial charge in [0.2, 0.25) is 5.91 Å². The molecule has 0 bridgehead atoms. The van der Waals surface area contributed by atoms with E-state index in [1.54, 1.807) is 55.6 Å². The normalized spacial score (nSPS) is 23.5. The number of fused-ring (bicyclic) bond motifs is 6. The minimum Gasteiger partial charge on any atom is -0.497 e. The maximum atomic E-state index is 14.8. The van der Waals surface area contributed by atoms with Crippen LogP contribution in [0, 0.1) is 5.92 Å². The Morgan fingerprint density at radius 1 is 0.881 bits per heavy atom. The first-order chi connectivity index (χ1) is 20.4. The number of carbonyl (C=O) groups is 3. The molecule has 1 N–H and O–H groups in total. The first kappa shape index (κ1) is 26.2. The van der Waals surface area contributed by atoms with Crippen molar-refractivity contribution in [1.29, 1.82) is 0 Å². The third-order valence-electron chi connectivity index (χ3n) is 8.92. The van der Waals surface area contributed by atoms with Gasteiger partial charge in [0, 0.05) is 33.1 Å². The van der Waals surface area contributed by atoms with Gasteiger partial charge in [0.15, 0.2) is 11.6 Å². The van der Waals surface area contributed by atoms with Gasteiger partial charge in [-0.25, -0.2) is 0 Å². The molecule has 3 aliphatic rings. The Morgan fingerprint density at radius 2 is 1.62 bits per heavy atom. The maximum Gasteiger partial charge on any atom is 0.238 e. The average molecular weight is 575 g/mol. The van der Waals surface area contributed by atoms with E-state index >= 15 is 0 Å². The molecule has 6 nitrogen and oxygen atoms in total. The zero-order valence-corrected chi connectivity index (χ0v) is 23.8. The lowest BCUT2D eigenvalue weighted by Gasteiger charge is -2.39. The van der Waals surface area contributed by atoms with Crippen molar-refractivity contribution in [2.45, 2.75) is 24.4 Å². The Labute approximate surface area is 248 Å². The zero-order chi connectivity index (χ0) is 29.2. The molecular weight excluding hydrogens is 548 g/mol. The molecule has 1 spiro atoms. The van der Waals surface area contributed by atoms with E-state index in [1.807, 2.05) is 66.4 Å². The fourth-order valence-electron chi connectivity index (χ4n) is 7.13. The molecule has 1 saturated heterocycles. The lowest BCUT2D eigenvalue weighted by atomic mass is 9.64. The molecule has 3 heterocycles. The standard InChI is InChI=1S/C35H27ClN2O4/c1-20-18-29-35(26-11-4-5-12-27(26)37-34(35)41)30(32(39)21-14-16-23(36)17-15-21)31(38(29)28-13-6-3-10-25(20)28)33(40)22-8-7-9-24(19-22)42-2/h3-19,29-31H,1-2H3,(H,37,41). The van der Waals surface area contributed by atoms with Crippen LogP contribution in [0.3, 0.4) is 0 Å². The molecule has 0 saturated carbocycles. The number of hydrogen-bond acceptors (Lipinski definition) is 5. The van der Waals surface area contributed by atoms with Gasteiger partial charge in [0.05, 0.1) is 19.1 Å². The molecule has 7 rings (SSSR count). The third-order valence-corrected chi connectivity index (χ3v) is 9.17. The van der Waals surface area contributed by atoms with Crippen LogP contribution in [0.4, 0.5) is 11.4 Å². The van der Waals surface area contributed by atoms with E-state index in [2.05, 4.69) is 5.32 Å². The first-order valence-corrected chi connectivity index (χ1v) is 14.2. The van der Waals surface area contributed by atoms with Gasteiger partial charge in [0.1, 0.15) is 17.2 Å². The van der Waals surface area contributed by atoms with Gasteiger partial charge in [-0.05, 0) is 66.6 Å². The summed E-state index contributed by atoms with van der Waals surface area (Å²) in [5.74, 6) is -1.37. The number of anilines is 2. The molecule has 1 amide bonds. The number of ketones is 2. The second-order valence-electron chi connectivity index (χ2n) is 11.0. The number of Topliss-reactive ketones (excluding diaryl/α,β-unsaturated/α-hetero) is 2. The fourth-order valence-corrected chi connectivity index (χ4v) is 7.25. The summed E-state index contributed by atoms with van der Waals surface area (Å²) in [4.78, 5) is 46.1. The second-order valence-corrected chi connectivity index (χ2v) is 11.4. The second kappa shape index (κ2) is 9.71. The molecule has 7 heteroatoms. The number of nitrogens with zero attached hydrogens (tertiary/aromatic N) is 1. The number of halogens is 1. The van der Waals surface area contributed by atoms with Crippen molar-refractivity contribution >= 4 is 46.0 Å². The molecule has 4 aromatic carbocycles. The molecule has 1 fully saturated rings. The van der Waals surface area contributed by atoms with Crippen LogP contribution in [0.5, 0.6) is 5.75 Å². The van der Waals surface area contributed by atoms with E-state index in [4.69, 9.17) is 16.3 Å². The van der Waals surface area contributed by atoms with Crippen molar-refractivity contribution in [1.82, 2.24) is 0 Å². The summed E-state index contributed by atoms with van der Waals surface area (Å²) in [7, 11) is 1.55. The molecule has 4 atom stereocenters. The van der Waals surface area contributed by atoms with Gasteiger partial charge in [0.25, 0.3) is 0 Å². The molecule has 208 valence electrons. The first-order valence-electron chi connectivity index (χ1n) is 13.8. The number of benzene rings is 4. The highest BCUT2D eigenvalue weighted by molar-refractivity contribution is 6.30. The molecule has 42 heavy (non-hydrogen) atoms. The van der Waals surface area contributed by atoms with Crippen LogP contribution in [0.15, 0.2) is 103 Å². The smallest absolute Gasteiger partial charge is 0.238 e. The van der Waals surface area contributed by atoms with Crippen LogP contribution >= 0.6 is 11.6 Å². The largest absolute Gasteiger partial charge is 0.497 e. The average Bonchev–Trinajstić information content (AvgIpc) is 3.49. The van der Waals surface area contributed by atoms with Crippen LogP contribution in [-0.2, 0) is 10.2 Å². The maximum absolute atomic E-state index is 14.8. The number of amides is 1. The predicted molar refractivity (Wildman–Crippen MR) is 163 cm³/mol. The van der Waals surface area contributed by atoms with E-state index in [1.165, 1.54) is 0 Å². The Balaban J connectivity index is 1.55. The van der Waals surface area contributed by atoms with Gasteiger partial charge < -0.3 is 15.0 Å². The van der Waals surface area contributed by atoms with Gasteiger partial charge in [-0.2, -0.15) is 0 Å². The van der Waals surface area contributed by atoms with Crippen molar-refractivity contribution in [3.05, 3.63) is 130 Å². The van der Waals surface area contributed by atoms with Crippen molar-refractivity contribution in [2.75, 3.05) is 17.3 Å². The molecule has 0 aliphatic carbocycles. The lowest BCUT2D eigenvalue weighted by Crippen LogP contribution is -2.51.